The third kappa shape index (κ3) is 4.97. The lowest BCUT2D eigenvalue weighted by Gasteiger charge is -2.29. The number of nitrogens with zero attached hydrogens (tertiary/aromatic N) is 3. The van der Waals surface area contributed by atoms with E-state index in [9.17, 15) is 4.79 Å². The zero-order chi connectivity index (χ0) is 24.4. The number of anilines is 3. The lowest BCUT2D eigenvalue weighted by atomic mass is 9.91. The number of rotatable bonds is 7. The lowest BCUT2D eigenvalue weighted by Crippen LogP contribution is -2.43. The highest BCUT2D eigenvalue weighted by atomic mass is 16.1. The first-order valence-electron chi connectivity index (χ1n) is 12.1. The molecule has 2 aromatic heterocycles. The number of nitrogens with two attached hydrogens (primary N) is 2. The SMILES string of the molecule is Cc1ccc(Cn2ccc3c(Nc4nc(N[C@@H]5CCCC[C@@H]5N)ncc4C(N)=O)cccc32)cc1. The maximum Gasteiger partial charge on any atom is 0.254 e. The van der Waals surface area contributed by atoms with Crippen LogP contribution < -0.4 is 22.1 Å². The minimum Gasteiger partial charge on any atom is -0.365 e. The monoisotopic (exact) mass is 469 g/mol. The third-order valence-electron chi connectivity index (χ3n) is 6.73. The predicted octanol–water partition coefficient (Wildman–Crippen LogP) is 4.31. The Hall–Kier alpha value is -3.91. The molecule has 35 heavy (non-hydrogen) atoms. The van der Waals surface area contributed by atoms with Gasteiger partial charge in [-0.05, 0) is 43.5 Å². The average molecular weight is 470 g/mol. The molecule has 2 aromatic carbocycles. The van der Waals surface area contributed by atoms with Gasteiger partial charge in [-0.15, -0.1) is 0 Å². The Morgan fingerprint density at radius 2 is 1.91 bits per heavy atom. The van der Waals surface area contributed by atoms with Crippen LogP contribution in [0.1, 0.15) is 47.2 Å². The molecule has 2 atom stereocenters. The van der Waals surface area contributed by atoms with Crippen molar-refractivity contribution in [1.82, 2.24) is 14.5 Å². The number of benzene rings is 2. The highest BCUT2D eigenvalue weighted by Gasteiger charge is 2.23. The summed E-state index contributed by atoms with van der Waals surface area (Å²) in [6, 6.07) is 16.8. The van der Waals surface area contributed by atoms with Gasteiger partial charge in [-0.3, -0.25) is 4.79 Å². The fourth-order valence-corrected chi connectivity index (χ4v) is 4.72. The van der Waals surface area contributed by atoms with Crippen molar-refractivity contribution < 1.29 is 4.79 Å². The minimum absolute atomic E-state index is 0.0571. The molecule has 2 heterocycles. The fraction of sp³-hybridized carbons (Fsp3) is 0.296. The molecular formula is C27H31N7O. The van der Waals surface area contributed by atoms with Crippen LogP contribution in [-0.4, -0.2) is 32.5 Å². The van der Waals surface area contributed by atoms with Crippen LogP contribution in [0.25, 0.3) is 10.9 Å². The molecule has 0 bridgehead atoms. The van der Waals surface area contributed by atoms with Gasteiger partial charge in [-0.25, -0.2) is 4.98 Å². The first-order valence-corrected chi connectivity index (χ1v) is 12.1. The third-order valence-corrected chi connectivity index (χ3v) is 6.73. The zero-order valence-electron chi connectivity index (χ0n) is 19.9. The van der Waals surface area contributed by atoms with Gasteiger partial charge in [0.25, 0.3) is 5.91 Å². The summed E-state index contributed by atoms with van der Waals surface area (Å²) in [5, 5.41) is 7.71. The van der Waals surface area contributed by atoms with Gasteiger partial charge in [-0.1, -0.05) is 48.7 Å². The van der Waals surface area contributed by atoms with E-state index < -0.39 is 5.91 Å². The van der Waals surface area contributed by atoms with E-state index in [1.54, 1.807) is 0 Å². The molecule has 1 amide bonds. The van der Waals surface area contributed by atoms with Crippen LogP contribution in [0.2, 0.25) is 0 Å². The lowest BCUT2D eigenvalue weighted by molar-refractivity contribution is 0.100. The van der Waals surface area contributed by atoms with E-state index in [1.165, 1.54) is 17.3 Å². The largest absolute Gasteiger partial charge is 0.365 e. The van der Waals surface area contributed by atoms with Gasteiger partial charge in [-0.2, -0.15) is 4.98 Å². The van der Waals surface area contributed by atoms with Gasteiger partial charge in [0, 0.05) is 42.1 Å². The maximum atomic E-state index is 12.1. The molecule has 8 nitrogen and oxygen atoms in total. The summed E-state index contributed by atoms with van der Waals surface area (Å²) in [5.41, 5.74) is 16.5. The maximum absolute atomic E-state index is 12.1. The molecule has 1 saturated carbocycles. The molecule has 1 aliphatic rings. The summed E-state index contributed by atoms with van der Waals surface area (Å²) in [5.74, 6) is 0.222. The van der Waals surface area contributed by atoms with Crippen molar-refractivity contribution in [2.75, 3.05) is 10.6 Å². The summed E-state index contributed by atoms with van der Waals surface area (Å²) in [6.07, 6.45) is 7.75. The van der Waals surface area contributed by atoms with Gasteiger partial charge in [0.15, 0.2) is 0 Å². The summed E-state index contributed by atoms with van der Waals surface area (Å²) in [7, 11) is 0. The molecule has 5 rings (SSSR count). The van der Waals surface area contributed by atoms with Crippen molar-refractivity contribution in [2.24, 2.45) is 11.5 Å². The van der Waals surface area contributed by atoms with Gasteiger partial charge < -0.3 is 26.7 Å². The predicted molar refractivity (Wildman–Crippen MR) is 140 cm³/mol. The second-order valence-electron chi connectivity index (χ2n) is 9.31. The van der Waals surface area contributed by atoms with E-state index in [4.69, 9.17) is 11.5 Å². The van der Waals surface area contributed by atoms with Crippen LogP contribution in [0.3, 0.4) is 0 Å². The number of aromatic nitrogens is 3. The topological polar surface area (TPSA) is 124 Å². The van der Waals surface area contributed by atoms with Gasteiger partial charge in [0.2, 0.25) is 5.95 Å². The molecule has 0 saturated heterocycles. The number of hydrogen-bond donors (Lipinski definition) is 4. The second kappa shape index (κ2) is 9.76. The number of carbonyl (C=O) groups is 1. The zero-order valence-corrected chi connectivity index (χ0v) is 19.9. The van der Waals surface area contributed by atoms with E-state index in [-0.39, 0.29) is 17.6 Å². The molecule has 0 unspecified atom stereocenters. The molecule has 6 N–H and O–H groups in total. The number of carbonyl (C=O) groups excluding carboxylic acids is 1. The summed E-state index contributed by atoms with van der Waals surface area (Å²) in [4.78, 5) is 21.1. The quantitative estimate of drug-likeness (QED) is 0.320. The van der Waals surface area contributed by atoms with Crippen molar-refractivity contribution in [3.8, 4) is 0 Å². The normalized spacial score (nSPS) is 17.9. The first kappa shape index (κ1) is 22.9. The van der Waals surface area contributed by atoms with Crippen molar-refractivity contribution >= 4 is 34.3 Å². The smallest absolute Gasteiger partial charge is 0.254 e. The number of primary amides is 1. The fourth-order valence-electron chi connectivity index (χ4n) is 4.72. The van der Waals surface area contributed by atoms with E-state index >= 15 is 0 Å². The Morgan fingerprint density at radius 1 is 1.11 bits per heavy atom. The van der Waals surface area contributed by atoms with Crippen LogP contribution in [0.5, 0.6) is 0 Å². The van der Waals surface area contributed by atoms with Crippen LogP contribution >= 0.6 is 0 Å². The Kier molecular flexibility index (Phi) is 6.37. The average Bonchev–Trinajstić information content (AvgIpc) is 3.26. The van der Waals surface area contributed by atoms with Crippen LogP contribution in [0.15, 0.2) is 60.9 Å². The minimum atomic E-state index is -0.586. The van der Waals surface area contributed by atoms with Gasteiger partial charge in [0.1, 0.15) is 11.4 Å². The Balaban J connectivity index is 1.44. The van der Waals surface area contributed by atoms with Crippen molar-refractivity contribution in [2.45, 2.75) is 51.2 Å². The number of amides is 1. The van der Waals surface area contributed by atoms with Crippen LogP contribution in [-0.2, 0) is 6.54 Å². The van der Waals surface area contributed by atoms with Crippen molar-refractivity contribution in [1.29, 1.82) is 0 Å². The Labute approximate surface area is 204 Å². The Bertz CT molecular complexity index is 1350. The molecule has 1 aliphatic carbocycles. The van der Waals surface area contributed by atoms with Crippen LogP contribution in [0, 0.1) is 6.92 Å². The van der Waals surface area contributed by atoms with Crippen molar-refractivity contribution in [3.63, 3.8) is 0 Å². The first-order chi connectivity index (χ1) is 17.0. The summed E-state index contributed by atoms with van der Waals surface area (Å²) >= 11 is 0. The van der Waals surface area contributed by atoms with Gasteiger partial charge in [0.05, 0.1) is 5.52 Å². The standard InChI is InChI=1S/C27H31N7O/c1-17-9-11-18(12-10-17)16-34-14-13-19-22(7-4-8-24(19)34)31-26-20(25(29)35)15-30-27(33-26)32-23-6-3-2-5-21(23)28/h4,7-15,21,23H,2-3,5-6,16,28H2,1H3,(H2,29,35)(H2,30,31,32,33)/t21-,23+/m0/s1. The molecule has 0 aliphatic heterocycles. The molecule has 0 spiro atoms. The van der Waals surface area contributed by atoms with E-state index in [0.717, 1.165) is 48.8 Å². The number of nitrogens with one attached hydrogen (secondary N) is 2. The van der Waals surface area contributed by atoms with Crippen molar-refractivity contribution in [3.05, 3.63) is 77.6 Å². The summed E-state index contributed by atoms with van der Waals surface area (Å²) < 4.78 is 2.21. The Morgan fingerprint density at radius 3 is 2.69 bits per heavy atom. The molecule has 4 aromatic rings. The number of aryl methyl sites for hydroxylation is 1. The van der Waals surface area contributed by atoms with Crippen LogP contribution in [0.4, 0.5) is 17.5 Å². The van der Waals surface area contributed by atoms with E-state index in [0.29, 0.717) is 11.8 Å². The second-order valence-corrected chi connectivity index (χ2v) is 9.31. The highest BCUT2D eigenvalue weighted by molar-refractivity contribution is 6.00. The molecular weight excluding hydrogens is 438 g/mol. The van der Waals surface area contributed by atoms with Gasteiger partial charge >= 0.3 is 0 Å². The molecule has 1 fully saturated rings. The molecule has 0 radical (unpaired) electrons. The molecule has 180 valence electrons. The van der Waals surface area contributed by atoms with E-state index in [2.05, 4.69) is 74.7 Å². The summed E-state index contributed by atoms with van der Waals surface area (Å²) in [6.45, 7) is 2.85. The number of hydrogen-bond acceptors (Lipinski definition) is 6. The molecule has 8 heteroatoms. The van der Waals surface area contributed by atoms with E-state index in [1.807, 2.05) is 12.1 Å². The number of fused-ring (bicyclic) bond motifs is 1. The highest BCUT2D eigenvalue weighted by Crippen LogP contribution is 2.29.